The molecule has 0 saturated carbocycles. The van der Waals surface area contributed by atoms with E-state index in [1.165, 1.54) is 0 Å². The van der Waals surface area contributed by atoms with Crippen LogP contribution in [0.4, 0.5) is 0 Å². The Labute approximate surface area is 98.7 Å². The quantitative estimate of drug-likeness (QED) is 0.609. The Balaban J connectivity index is 2.42. The van der Waals surface area contributed by atoms with Gasteiger partial charge in [0.25, 0.3) is 0 Å². The van der Waals surface area contributed by atoms with Gasteiger partial charge in [-0.3, -0.25) is 9.59 Å². The molecule has 1 aromatic rings. The zero-order chi connectivity index (χ0) is 12.8. The van der Waals surface area contributed by atoms with Crippen LogP contribution in [0.2, 0.25) is 0 Å². The third-order valence-corrected chi connectivity index (χ3v) is 2.20. The number of hydrogen-bond donors (Lipinski definition) is 3. The Hall–Kier alpha value is -2.08. The second-order valence-corrected chi connectivity index (χ2v) is 3.53. The number of hydrogen-bond acceptors (Lipinski definition) is 4. The van der Waals surface area contributed by atoms with Crippen LogP contribution in [0.3, 0.4) is 0 Å². The molecule has 0 fully saturated rings. The van der Waals surface area contributed by atoms with Crippen molar-refractivity contribution in [3.05, 3.63) is 29.8 Å². The highest BCUT2D eigenvalue weighted by Crippen LogP contribution is 2.12. The molecule has 0 radical (unpaired) electrons. The topological polar surface area (TPSA) is 121 Å². The van der Waals surface area contributed by atoms with E-state index in [-0.39, 0.29) is 6.61 Å². The third-order valence-electron chi connectivity index (χ3n) is 2.20. The highest BCUT2D eigenvalue weighted by molar-refractivity contribution is 5.92. The van der Waals surface area contributed by atoms with E-state index in [0.717, 1.165) is 0 Å². The molecule has 1 aromatic carbocycles. The van der Waals surface area contributed by atoms with Crippen molar-refractivity contribution >= 4 is 11.8 Å². The maximum Gasteiger partial charge on any atom is 0.248 e. The zero-order valence-electron chi connectivity index (χ0n) is 9.26. The summed E-state index contributed by atoms with van der Waals surface area (Å²) >= 11 is 0. The van der Waals surface area contributed by atoms with Crippen LogP contribution in [0.5, 0.6) is 5.75 Å². The monoisotopic (exact) mass is 237 g/mol. The van der Waals surface area contributed by atoms with Crippen LogP contribution in [0.25, 0.3) is 0 Å². The second kappa shape index (κ2) is 5.86. The lowest BCUT2D eigenvalue weighted by Gasteiger charge is -2.09. The van der Waals surface area contributed by atoms with Gasteiger partial charge in [0.05, 0.1) is 12.6 Å². The fourth-order valence-electron chi connectivity index (χ4n) is 1.16. The molecule has 0 aliphatic rings. The van der Waals surface area contributed by atoms with E-state index in [2.05, 4.69) is 0 Å². The number of primary amides is 2. The van der Waals surface area contributed by atoms with Crippen LogP contribution in [-0.2, 0) is 4.79 Å². The minimum Gasteiger partial charge on any atom is -0.494 e. The van der Waals surface area contributed by atoms with Crippen LogP contribution in [-0.4, -0.2) is 24.5 Å². The normalized spacial score (nSPS) is 11.8. The predicted molar refractivity (Wildman–Crippen MR) is 62.2 cm³/mol. The maximum absolute atomic E-state index is 10.8. The summed E-state index contributed by atoms with van der Waals surface area (Å²) in [4.78, 5) is 21.5. The Bertz CT molecular complexity index is 403. The van der Waals surface area contributed by atoms with Gasteiger partial charge in [0.2, 0.25) is 11.8 Å². The largest absolute Gasteiger partial charge is 0.494 e. The van der Waals surface area contributed by atoms with E-state index in [9.17, 15) is 9.59 Å². The van der Waals surface area contributed by atoms with Crippen LogP contribution in [0.15, 0.2) is 24.3 Å². The number of benzene rings is 1. The fraction of sp³-hybridized carbons (Fsp3) is 0.273. The van der Waals surface area contributed by atoms with Gasteiger partial charge < -0.3 is 21.9 Å². The van der Waals surface area contributed by atoms with Gasteiger partial charge in [0.1, 0.15) is 5.75 Å². The summed E-state index contributed by atoms with van der Waals surface area (Å²) in [7, 11) is 0. The van der Waals surface area contributed by atoms with Crippen molar-refractivity contribution in [2.75, 3.05) is 6.61 Å². The molecule has 1 rings (SSSR count). The molecular formula is C11H15N3O3. The molecule has 0 aliphatic heterocycles. The van der Waals surface area contributed by atoms with Gasteiger partial charge >= 0.3 is 0 Å². The number of rotatable bonds is 6. The number of amides is 2. The second-order valence-electron chi connectivity index (χ2n) is 3.53. The molecule has 1 atom stereocenters. The van der Waals surface area contributed by atoms with Gasteiger partial charge in [-0.05, 0) is 24.3 Å². The fourth-order valence-corrected chi connectivity index (χ4v) is 1.16. The maximum atomic E-state index is 10.8. The van der Waals surface area contributed by atoms with Crippen LogP contribution < -0.4 is 21.9 Å². The van der Waals surface area contributed by atoms with E-state index >= 15 is 0 Å². The van der Waals surface area contributed by atoms with E-state index in [1.807, 2.05) is 0 Å². The third kappa shape index (κ3) is 4.12. The number of nitrogens with two attached hydrogens (primary N) is 3. The highest BCUT2D eigenvalue weighted by Gasteiger charge is 2.08. The Morgan fingerprint density at radius 2 is 1.76 bits per heavy atom. The first kappa shape index (κ1) is 13.0. The molecular weight excluding hydrogens is 222 g/mol. The van der Waals surface area contributed by atoms with E-state index in [4.69, 9.17) is 21.9 Å². The average Bonchev–Trinajstić information content (AvgIpc) is 2.29. The first-order chi connectivity index (χ1) is 8.00. The van der Waals surface area contributed by atoms with Crippen molar-refractivity contribution in [2.45, 2.75) is 12.5 Å². The predicted octanol–water partition coefficient (Wildman–Crippen LogP) is -0.633. The molecule has 0 heterocycles. The van der Waals surface area contributed by atoms with Gasteiger partial charge in [-0.1, -0.05) is 0 Å². The summed E-state index contributed by atoms with van der Waals surface area (Å²) in [5.74, 6) is -0.475. The lowest BCUT2D eigenvalue weighted by Crippen LogP contribution is -2.37. The molecule has 0 spiro atoms. The highest BCUT2D eigenvalue weighted by atomic mass is 16.5. The van der Waals surface area contributed by atoms with Crippen molar-refractivity contribution in [1.29, 1.82) is 0 Å². The summed E-state index contributed by atoms with van der Waals surface area (Å²) in [6, 6.07) is 5.66. The minimum atomic E-state index is -0.708. The molecule has 0 aromatic heterocycles. The minimum absolute atomic E-state index is 0.278. The smallest absolute Gasteiger partial charge is 0.248 e. The molecule has 17 heavy (non-hydrogen) atoms. The molecule has 2 amide bonds. The Morgan fingerprint density at radius 3 is 2.24 bits per heavy atom. The zero-order valence-corrected chi connectivity index (χ0v) is 9.26. The van der Waals surface area contributed by atoms with Gasteiger partial charge in [-0.2, -0.15) is 0 Å². The van der Waals surface area contributed by atoms with Crippen molar-refractivity contribution in [3.8, 4) is 5.75 Å². The van der Waals surface area contributed by atoms with E-state index in [0.29, 0.717) is 17.7 Å². The Morgan fingerprint density at radius 1 is 1.18 bits per heavy atom. The molecule has 6 nitrogen and oxygen atoms in total. The number of ether oxygens (including phenoxy) is 1. The van der Waals surface area contributed by atoms with Gasteiger partial charge in [0.15, 0.2) is 0 Å². The van der Waals surface area contributed by atoms with Crippen molar-refractivity contribution in [1.82, 2.24) is 0 Å². The van der Waals surface area contributed by atoms with Gasteiger partial charge in [-0.15, -0.1) is 0 Å². The lowest BCUT2D eigenvalue weighted by molar-refractivity contribution is -0.119. The van der Waals surface area contributed by atoms with Gasteiger partial charge in [-0.25, -0.2) is 0 Å². The van der Waals surface area contributed by atoms with Crippen LogP contribution >= 0.6 is 0 Å². The molecule has 0 saturated heterocycles. The number of carbonyl (C=O) groups is 2. The van der Waals surface area contributed by atoms with Crippen LogP contribution in [0.1, 0.15) is 16.8 Å². The lowest BCUT2D eigenvalue weighted by atomic mass is 10.2. The molecule has 6 heteroatoms. The van der Waals surface area contributed by atoms with Gasteiger partial charge in [0, 0.05) is 12.0 Å². The standard InChI is InChI=1S/C11H15N3O3/c12-9(11(14)16)5-6-17-8-3-1-7(2-4-8)10(13)15/h1-4,9H,5-6,12H2,(H2,13,15)(H2,14,16). The first-order valence-corrected chi connectivity index (χ1v) is 5.08. The average molecular weight is 237 g/mol. The van der Waals surface area contributed by atoms with Crippen molar-refractivity contribution in [3.63, 3.8) is 0 Å². The summed E-state index contributed by atoms with van der Waals surface area (Å²) in [5.41, 5.74) is 15.9. The first-order valence-electron chi connectivity index (χ1n) is 5.08. The Kier molecular flexibility index (Phi) is 4.47. The summed E-state index contributed by atoms with van der Waals surface area (Å²) in [6.45, 7) is 0.278. The molecule has 0 aliphatic carbocycles. The molecule has 6 N–H and O–H groups in total. The van der Waals surface area contributed by atoms with Crippen LogP contribution in [0, 0.1) is 0 Å². The van der Waals surface area contributed by atoms with E-state index in [1.54, 1.807) is 24.3 Å². The van der Waals surface area contributed by atoms with Crippen molar-refractivity contribution < 1.29 is 14.3 Å². The van der Waals surface area contributed by atoms with E-state index < -0.39 is 17.9 Å². The molecule has 92 valence electrons. The SMILES string of the molecule is NC(=O)c1ccc(OCCC(N)C(N)=O)cc1. The molecule has 0 bridgehead atoms. The summed E-state index contributed by atoms with van der Waals surface area (Å²) < 4.78 is 5.32. The number of carbonyl (C=O) groups excluding carboxylic acids is 2. The summed E-state index contributed by atoms with van der Waals surface area (Å²) in [6.07, 6.45) is 0.340. The van der Waals surface area contributed by atoms with Crippen molar-refractivity contribution in [2.24, 2.45) is 17.2 Å². The summed E-state index contributed by atoms with van der Waals surface area (Å²) in [5, 5.41) is 0. The molecule has 1 unspecified atom stereocenters.